The first kappa shape index (κ1) is 10.1. The molecule has 0 unspecified atom stereocenters. The number of hydrogen-bond donors (Lipinski definition) is 1. The largest absolute Gasteiger partial charge is 0.506 e. The molecular formula is C8H4F2N2O2. The Hall–Kier alpha value is -2.03. The van der Waals surface area contributed by atoms with Gasteiger partial charge in [-0.05, 0) is 0 Å². The van der Waals surface area contributed by atoms with Crippen LogP contribution in [0.2, 0.25) is 0 Å². The number of alkyl halides is 2. The highest BCUT2D eigenvalue weighted by molar-refractivity contribution is 5.83. The molecule has 0 amide bonds. The number of aromatic nitrogens is 1. The lowest BCUT2D eigenvalue weighted by atomic mass is 10.1. The average Bonchev–Trinajstić information content (AvgIpc) is 2.16. The van der Waals surface area contributed by atoms with Crippen LogP contribution < -0.4 is 0 Å². The number of halogens is 2. The number of hydrogen-bond acceptors (Lipinski definition) is 4. The van der Waals surface area contributed by atoms with Gasteiger partial charge in [-0.25, -0.2) is 13.8 Å². The number of nitrogens with zero attached hydrogens (tertiary/aromatic N) is 2. The molecule has 1 heterocycles. The first-order valence-electron chi connectivity index (χ1n) is 3.47. The van der Waals surface area contributed by atoms with Crippen LogP contribution in [0.15, 0.2) is 6.20 Å². The van der Waals surface area contributed by atoms with E-state index < -0.39 is 29.0 Å². The minimum Gasteiger partial charge on any atom is -0.506 e. The molecule has 0 saturated carbocycles. The Morgan fingerprint density at radius 1 is 1.64 bits per heavy atom. The van der Waals surface area contributed by atoms with Gasteiger partial charge in [-0.15, -0.1) is 0 Å². The van der Waals surface area contributed by atoms with Gasteiger partial charge in [-0.2, -0.15) is 5.26 Å². The van der Waals surface area contributed by atoms with Crippen molar-refractivity contribution in [2.45, 2.75) is 6.43 Å². The summed E-state index contributed by atoms with van der Waals surface area (Å²) in [4.78, 5) is 13.6. The van der Waals surface area contributed by atoms with Gasteiger partial charge >= 0.3 is 0 Å². The van der Waals surface area contributed by atoms with E-state index in [9.17, 15) is 13.6 Å². The second kappa shape index (κ2) is 3.79. The molecule has 0 fully saturated rings. The van der Waals surface area contributed by atoms with Crippen molar-refractivity contribution in [3.8, 4) is 11.8 Å². The molecule has 0 radical (unpaired) electrons. The maximum atomic E-state index is 12.3. The second-order valence-corrected chi connectivity index (χ2v) is 2.35. The summed E-state index contributed by atoms with van der Waals surface area (Å²) in [5.41, 5.74) is -1.85. The van der Waals surface area contributed by atoms with Crippen molar-refractivity contribution in [2.75, 3.05) is 0 Å². The van der Waals surface area contributed by atoms with Gasteiger partial charge in [-0.1, -0.05) is 0 Å². The fourth-order valence-electron chi connectivity index (χ4n) is 0.933. The molecule has 14 heavy (non-hydrogen) atoms. The van der Waals surface area contributed by atoms with E-state index in [1.165, 1.54) is 6.07 Å². The van der Waals surface area contributed by atoms with Gasteiger partial charge in [0.05, 0.1) is 17.3 Å². The van der Waals surface area contributed by atoms with Crippen molar-refractivity contribution in [1.29, 1.82) is 5.26 Å². The fraction of sp³-hybridized carbons (Fsp3) is 0.125. The molecule has 1 rings (SSSR count). The number of carbonyl (C=O) groups is 1. The van der Waals surface area contributed by atoms with Crippen LogP contribution in [0, 0.1) is 11.3 Å². The number of carbonyl (C=O) groups excluding carboxylic acids is 1. The molecule has 0 saturated heterocycles. The molecule has 0 aromatic carbocycles. The molecule has 1 aromatic rings. The van der Waals surface area contributed by atoms with Gasteiger partial charge in [0.2, 0.25) is 0 Å². The van der Waals surface area contributed by atoms with Crippen LogP contribution in [0.25, 0.3) is 0 Å². The standard InChI is InChI=1S/C8H4F2N2O2/c9-8(10)7-4(1-11)5(3-13)6(14)2-12-7/h2-3,8,14H. The lowest BCUT2D eigenvalue weighted by Crippen LogP contribution is -2.00. The average molecular weight is 198 g/mol. The number of aldehydes is 1. The van der Waals surface area contributed by atoms with E-state index >= 15 is 0 Å². The first-order chi connectivity index (χ1) is 6.61. The highest BCUT2D eigenvalue weighted by Crippen LogP contribution is 2.26. The molecule has 0 spiro atoms. The Bertz CT molecular complexity index is 413. The van der Waals surface area contributed by atoms with Crippen molar-refractivity contribution >= 4 is 6.29 Å². The number of aromatic hydroxyl groups is 1. The predicted octanol–water partition coefficient (Wildman–Crippen LogP) is 1.41. The van der Waals surface area contributed by atoms with E-state index in [1.54, 1.807) is 0 Å². The maximum Gasteiger partial charge on any atom is 0.281 e. The normalized spacial score (nSPS) is 9.86. The smallest absolute Gasteiger partial charge is 0.281 e. The Balaban J connectivity index is 3.50. The predicted molar refractivity (Wildman–Crippen MR) is 41.0 cm³/mol. The number of nitriles is 1. The van der Waals surface area contributed by atoms with Crippen molar-refractivity contribution in [2.24, 2.45) is 0 Å². The molecule has 0 aliphatic heterocycles. The van der Waals surface area contributed by atoms with Crippen molar-refractivity contribution in [3.05, 3.63) is 23.0 Å². The maximum absolute atomic E-state index is 12.3. The third-order valence-corrected chi connectivity index (χ3v) is 1.56. The molecule has 0 aliphatic rings. The third-order valence-electron chi connectivity index (χ3n) is 1.56. The van der Waals surface area contributed by atoms with Gasteiger partial charge in [0, 0.05) is 0 Å². The summed E-state index contributed by atoms with van der Waals surface area (Å²) in [5.74, 6) is -0.582. The van der Waals surface area contributed by atoms with Gasteiger partial charge in [0.1, 0.15) is 17.5 Å². The zero-order valence-corrected chi connectivity index (χ0v) is 6.74. The highest BCUT2D eigenvalue weighted by atomic mass is 19.3. The molecule has 1 N–H and O–H groups in total. The number of pyridine rings is 1. The van der Waals surface area contributed by atoms with E-state index in [0.29, 0.717) is 6.20 Å². The summed E-state index contributed by atoms with van der Waals surface area (Å²) in [6, 6.07) is 1.40. The van der Waals surface area contributed by atoms with Crippen molar-refractivity contribution in [3.63, 3.8) is 0 Å². The lowest BCUT2D eigenvalue weighted by Gasteiger charge is -2.04. The summed E-state index contributed by atoms with van der Waals surface area (Å²) in [5, 5.41) is 17.5. The Morgan fingerprint density at radius 3 is 2.71 bits per heavy atom. The Kier molecular flexibility index (Phi) is 2.72. The highest BCUT2D eigenvalue weighted by Gasteiger charge is 2.20. The topological polar surface area (TPSA) is 74.0 Å². The SMILES string of the molecule is N#Cc1c(C(F)F)ncc(O)c1C=O. The van der Waals surface area contributed by atoms with E-state index in [2.05, 4.69) is 4.98 Å². The minimum absolute atomic E-state index is 0.140. The molecule has 1 aromatic heterocycles. The van der Waals surface area contributed by atoms with Crippen LogP contribution in [0.5, 0.6) is 5.75 Å². The van der Waals surface area contributed by atoms with Crippen LogP contribution in [0.1, 0.15) is 28.0 Å². The summed E-state index contributed by atoms with van der Waals surface area (Å²) in [6.45, 7) is 0. The molecule has 4 nitrogen and oxygen atoms in total. The lowest BCUT2D eigenvalue weighted by molar-refractivity contribution is 0.111. The van der Waals surface area contributed by atoms with Crippen LogP contribution in [0.3, 0.4) is 0 Å². The Labute approximate surface area is 77.4 Å². The molecule has 0 bridgehead atoms. The van der Waals surface area contributed by atoms with E-state index in [0.717, 1.165) is 0 Å². The zero-order valence-electron chi connectivity index (χ0n) is 6.74. The Morgan fingerprint density at radius 2 is 2.29 bits per heavy atom. The zero-order chi connectivity index (χ0) is 10.7. The van der Waals surface area contributed by atoms with E-state index in [1.807, 2.05) is 0 Å². The first-order valence-corrected chi connectivity index (χ1v) is 3.47. The molecular weight excluding hydrogens is 194 g/mol. The van der Waals surface area contributed by atoms with Gasteiger partial charge < -0.3 is 5.11 Å². The van der Waals surface area contributed by atoms with Crippen molar-refractivity contribution in [1.82, 2.24) is 4.98 Å². The van der Waals surface area contributed by atoms with Crippen LogP contribution in [-0.2, 0) is 0 Å². The quantitative estimate of drug-likeness (QED) is 0.729. The minimum atomic E-state index is -2.95. The second-order valence-electron chi connectivity index (χ2n) is 2.35. The molecule has 6 heteroatoms. The van der Waals surface area contributed by atoms with Crippen molar-refractivity contribution < 1.29 is 18.7 Å². The fourth-order valence-corrected chi connectivity index (χ4v) is 0.933. The van der Waals surface area contributed by atoms with Crippen LogP contribution in [0.4, 0.5) is 8.78 Å². The van der Waals surface area contributed by atoms with Gasteiger partial charge in [0.25, 0.3) is 6.43 Å². The van der Waals surface area contributed by atoms with Crippen LogP contribution in [-0.4, -0.2) is 16.4 Å². The number of rotatable bonds is 2. The van der Waals surface area contributed by atoms with Crippen LogP contribution >= 0.6 is 0 Å². The monoisotopic (exact) mass is 198 g/mol. The summed E-state index contributed by atoms with van der Waals surface area (Å²) < 4.78 is 24.5. The summed E-state index contributed by atoms with van der Waals surface area (Å²) >= 11 is 0. The molecule has 0 aliphatic carbocycles. The molecule has 0 atom stereocenters. The van der Waals surface area contributed by atoms with Gasteiger partial charge in [0.15, 0.2) is 6.29 Å². The molecule has 72 valence electrons. The summed E-state index contributed by atoms with van der Waals surface area (Å²) in [6.07, 6.45) is -2.10. The van der Waals surface area contributed by atoms with E-state index in [-0.39, 0.29) is 6.29 Å². The summed E-state index contributed by atoms with van der Waals surface area (Å²) in [7, 11) is 0. The van der Waals surface area contributed by atoms with E-state index in [4.69, 9.17) is 10.4 Å². The van der Waals surface area contributed by atoms with Gasteiger partial charge in [-0.3, -0.25) is 4.79 Å². The third kappa shape index (κ3) is 1.52.